The molecule has 27 heavy (non-hydrogen) atoms. The lowest BCUT2D eigenvalue weighted by atomic mass is 9.83. The van der Waals surface area contributed by atoms with Gasteiger partial charge in [-0.2, -0.15) is 0 Å². The third kappa shape index (κ3) is 4.07. The SMILES string of the molecule is C/N=C/c1ccc(C2CC(C)CN(CC3CCN(C)C3)C2)c2cccnc12. The molecule has 0 aliphatic carbocycles. The minimum atomic E-state index is 0.590. The van der Waals surface area contributed by atoms with Crippen LogP contribution in [0.15, 0.2) is 35.5 Å². The zero-order chi connectivity index (χ0) is 18.8. The number of likely N-dealkylation sites (tertiary alicyclic amines) is 2. The largest absolute Gasteiger partial charge is 0.306 e. The molecular weight excluding hydrogens is 332 g/mol. The smallest absolute Gasteiger partial charge is 0.0792 e. The number of rotatable bonds is 4. The Kier molecular flexibility index (Phi) is 5.55. The van der Waals surface area contributed by atoms with Gasteiger partial charge in [0.25, 0.3) is 0 Å². The maximum atomic E-state index is 4.67. The predicted octanol–water partition coefficient (Wildman–Crippen LogP) is 3.66. The lowest BCUT2D eigenvalue weighted by Crippen LogP contribution is -2.41. The fourth-order valence-electron chi connectivity index (χ4n) is 5.19. The van der Waals surface area contributed by atoms with Crippen LogP contribution < -0.4 is 0 Å². The van der Waals surface area contributed by atoms with Crippen molar-refractivity contribution >= 4 is 17.1 Å². The van der Waals surface area contributed by atoms with Crippen molar-refractivity contribution in [3.8, 4) is 0 Å². The molecular formula is C23H32N4. The summed E-state index contributed by atoms with van der Waals surface area (Å²) in [5, 5.41) is 1.30. The number of piperidine rings is 1. The molecule has 3 heterocycles. The number of hydrogen-bond donors (Lipinski definition) is 0. The van der Waals surface area contributed by atoms with Gasteiger partial charge in [0, 0.05) is 56.6 Å². The molecule has 0 N–H and O–H groups in total. The number of nitrogens with zero attached hydrogens (tertiary/aromatic N) is 4. The number of hydrogen-bond acceptors (Lipinski definition) is 4. The van der Waals surface area contributed by atoms with Crippen LogP contribution in [0, 0.1) is 11.8 Å². The van der Waals surface area contributed by atoms with Crippen molar-refractivity contribution in [3.63, 3.8) is 0 Å². The maximum Gasteiger partial charge on any atom is 0.0792 e. The van der Waals surface area contributed by atoms with Crippen molar-refractivity contribution in [2.45, 2.75) is 25.7 Å². The van der Waals surface area contributed by atoms with Crippen LogP contribution in [0.3, 0.4) is 0 Å². The van der Waals surface area contributed by atoms with Crippen molar-refractivity contribution in [2.75, 3.05) is 46.8 Å². The van der Waals surface area contributed by atoms with Gasteiger partial charge in [-0.1, -0.05) is 25.1 Å². The summed E-state index contributed by atoms with van der Waals surface area (Å²) in [4.78, 5) is 14.1. The van der Waals surface area contributed by atoms with E-state index < -0.39 is 0 Å². The lowest BCUT2D eigenvalue weighted by Gasteiger charge is -2.38. The van der Waals surface area contributed by atoms with Gasteiger partial charge in [-0.05, 0) is 55.8 Å². The van der Waals surface area contributed by atoms with E-state index in [1.807, 2.05) is 19.5 Å². The first-order valence-corrected chi connectivity index (χ1v) is 10.3. The van der Waals surface area contributed by atoms with Gasteiger partial charge in [0.1, 0.15) is 0 Å². The highest BCUT2D eigenvalue weighted by atomic mass is 15.2. The van der Waals surface area contributed by atoms with Crippen LogP contribution in [0.1, 0.15) is 36.8 Å². The number of aliphatic imine (C=N–C) groups is 1. The summed E-state index contributed by atoms with van der Waals surface area (Å²) in [6, 6.07) is 8.83. The summed E-state index contributed by atoms with van der Waals surface area (Å²) >= 11 is 0. The summed E-state index contributed by atoms with van der Waals surface area (Å²) in [6.07, 6.45) is 6.44. The second-order valence-electron chi connectivity index (χ2n) is 8.70. The third-order valence-electron chi connectivity index (χ3n) is 6.28. The van der Waals surface area contributed by atoms with Crippen molar-refractivity contribution in [2.24, 2.45) is 16.8 Å². The van der Waals surface area contributed by atoms with E-state index in [-0.39, 0.29) is 0 Å². The van der Waals surface area contributed by atoms with Crippen LogP contribution >= 0.6 is 0 Å². The quantitative estimate of drug-likeness (QED) is 0.776. The van der Waals surface area contributed by atoms with Gasteiger partial charge >= 0.3 is 0 Å². The number of fused-ring (bicyclic) bond motifs is 1. The summed E-state index contributed by atoms with van der Waals surface area (Å²) in [6.45, 7) is 8.60. The number of benzene rings is 1. The molecule has 0 radical (unpaired) electrons. The number of aromatic nitrogens is 1. The summed E-state index contributed by atoms with van der Waals surface area (Å²) in [5.41, 5.74) is 3.67. The molecule has 1 aromatic heterocycles. The van der Waals surface area contributed by atoms with E-state index >= 15 is 0 Å². The molecule has 3 unspecified atom stereocenters. The van der Waals surface area contributed by atoms with E-state index in [1.54, 1.807) is 0 Å². The Balaban J connectivity index is 1.59. The highest BCUT2D eigenvalue weighted by molar-refractivity contribution is 5.98. The van der Waals surface area contributed by atoms with Crippen LogP contribution in [0.5, 0.6) is 0 Å². The van der Waals surface area contributed by atoms with Crippen LogP contribution in [-0.2, 0) is 0 Å². The Morgan fingerprint density at radius 3 is 2.89 bits per heavy atom. The van der Waals surface area contributed by atoms with Gasteiger partial charge in [0.05, 0.1) is 5.52 Å². The van der Waals surface area contributed by atoms with Gasteiger partial charge in [0.2, 0.25) is 0 Å². The van der Waals surface area contributed by atoms with Gasteiger partial charge in [0.15, 0.2) is 0 Å². The molecule has 3 atom stereocenters. The Hall–Kier alpha value is -1.78. The topological polar surface area (TPSA) is 31.7 Å². The second kappa shape index (κ2) is 8.07. The zero-order valence-electron chi connectivity index (χ0n) is 16.9. The van der Waals surface area contributed by atoms with Gasteiger partial charge in [-0.3, -0.25) is 9.98 Å². The van der Waals surface area contributed by atoms with Crippen molar-refractivity contribution in [1.29, 1.82) is 0 Å². The molecule has 0 amide bonds. The Bertz CT molecular complexity index is 815. The summed E-state index contributed by atoms with van der Waals surface area (Å²) < 4.78 is 0. The predicted molar refractivity (Wildman–Crippen MR) is 114 cm³/mol. The molecule has 0 saturated carbocycles. The van der Waals surface area contributed by atoms with E-state index in [1.165, 1.54) is 56.5 Å². The molecule has 144 valence electrons. The molecule has 2 aliphatic rings. The third-order valence-corrected chi connectivity index (χ3v) is 6.28. The fraction of sp³-hybridized carbons (Fsp3) is 0.565. The van der Waals surface area contributed by atoms with Crippen LogP contribution in [-0.4, -0.2) is 67.8 Å². The molecule has 2 aromatic rings. The van der Waals surface area contributed by atoms with Crippen molar-refractivity contribution < 1.29 is 0 Å². The van der Waals surface area contributed by atoms with Crippen LogP contribution in [0.25, 0.3) is 10.9 Å². The maximum absolute atomic E-state index is 4.67. The molecule has 4 heteroatoms. The Morgan fingerprint density at radius 1 is 1.22 bits per heavy atom. The highest BCUT2D eigenvalue weighted by Gasteiger charge is 2.30. The first-order chi connectivity index (χ1) is 13.1. The first kappa shape index (κ1) is 18.6. The zero-order valence-corrected chi connectivity index (χ0v) is 16.9. The molecule has 2 saturated heterocycles. The second-order valence-corrected chi connectivity index (χ2v) is 8.70. The average molecular weight is 365 g/mol. The standard InChI is InChI=1S/C23H32N4/c1-17-11-20(16-27(13-17)15-18-8-10-26(3)14-18)21-7-6-19(12-24-2)23-22(21)5-4-9-25-23/h4-7,9,12,17-18,20H,8,10-11,13-16H2,1-3H3/b24-12+. The molecule has 0 bridgehead atoms. The van der Waals surface area contributed by atoms with Gasteiger partial charge in [-0.15, -0.1) is 0 Å². The molecule has 4 nitrogen and oxygen atoms in total. The first-order valence-electron chi connectivity index (χ1n) is 10.3. The van der Waals surface area contributed by atoms with Crippen molar-refractivity contribution in [1.82, 2.24) is 14.8 Å². The Labute approximate surface area is 163 Å². The minimum absolute atomic E-state index is 0.590. The molecule has 2 aliphatic heterocycles. The summed E-state index contributed by atoms with van der Waals surface area (Å²) in [5.74, 6) is 2.17. The van der Waals surface area contributed by atoms with E-state index in [2.05, 4.69) is 58.0 Å². The highest BCUT2D eigenvalue weighted by Crippen LogP contribution is 2.35. The van der Waals surface area contributed by atoms with E-state index in [4.69, 9.17) is 0 Å². The van der Waals surface area contributed by atoms with Crippen LogP contribution in [0.2, 0.25) is 0 Å². The average Bonchev–Trinajstić information content (AvgIpc) is 3.06. The monoisotopic (exact) mass is 364 g/mol. The minimum Gasteiger partial charge on any atom is -0.306 e. The van der Waals surface area contributed by atoms with Crippen molar-refractivity contribution in [3.05, 3.63) is 41.6 Å². The van der Waals surface area contributed by atoms with Gasteiger partial charge < -0.3 is 9.80 Å². The van der Waals surface area contributed by atoms with Gasteiger partial charge in [-0.25, -0.2) is 0 Å². The lowest BCUT2D eigenvalue weighted by molar-refractivity contribution is 0.143. The summed E-state index contributed by atoms with van der Waals surface area (Å²) in [7, 11) is 4.08. The number of pyridine rings is 1. The van der Waals surface area contributed by atoms with Crippen LogP contribution in [0.4, 0.5) is 0 Å². The molecule has 4 rings (SSSR count). The fourth-order valence-corrected chi connectivity index (χ4v) is 5.19. The molecule has 0 spiro atoms. The van der Waals surface area contributed by atoms with E-state index in [9.17, 15) is 0 Å². The molecule has 2 fully saturated rings. The molecule has 1 aromatic carbocycles. The van der Waals surface area contributed by atoms with E-state index in [0.29, 0.717) is 5.92 Å². The van der Waals surface area contributed by atoms with E-state index in [0.717, 1.165) is 22.9 Å². The Morgan fingerprint density at radius 2 is 2.11 bits per heavy atom. The normalized spacial score (nSPS) is 27.7.